The Morgan fingerprint density at radius 3 is 2.12 bits per heavy atom. The Hall–Kier alpha value is -1.03. The predicted octanol–water partition coefficient (Wildman–Crippen LogP) is 5.27. The number of hydrogen-bond acceptors (Lipinski definition) is 0. The van der Waals surface area contributed by atoms with Crippen LogP contribution in [0.15, 0.2) is 72.8 Å². The summed E-state index contributed by atoms with van der Waals surface area (Å²) in [5.74, 6) is 0. The topological polar surface area (TPSA) is 0 Å². The van der Waals surface area contributed by atoms with Gasteiger partial charge in [-0.1, -0.05) is 0 Å². The van der Waals surface area contributed by atoms with Gasteiger partial charge in [0.05, 0.1) is 0 Å². The molecule has 0 spiro atoms. The molecule has 0 amide bonds. The van der Waals surface area contributed by atoms with Crippen molar-refractivity contribution in [2.24, 2.45) is 0 Å². The van der Waals surface area contributed by atoms with Gasteiger partial charge in [-0.3, -0.25) is 0 Å². The van der Waals surface area contributed by atoms with E-state index in [0.29, 0.717) is 3.46 Å². The minimum atomic E-state index is -1.13. The Bertz CT molecular complexity index is 1010. The fourth-order valence-electron chi connectivity index (χ4n) is 3.11. The van der Waals surface area contributed by atoms with Crippen LogP contribution >= 0.6 is 0 Å². The van der Waals surface area contributed by atoms with Crippen molar-refractivity contribution in [2.75, 3.05) is 0 Å². The second kappa shape index (κ2) is 6.36. The van der Waals surface area contributed by atoms with Gasteiger partial charge in [-0.15, -0.1) is 0 Å². The molecule has 3 aromatic carbocycles. The zero-order chi connectivity index (χ0) is 16.7. The van der Waals surface area contributed by atoms with Crippen LogP contribution in [0.5, 0.6) is 0 Å². The van der Waals surface area contributed by atoms with Gasteiger partial charge < -0.3 is 0 Å². The monoisotopic (exact) mass is 495 g/mol. The van der Waals surface area contributed by atoms with Gasteiger partial charge in [0, 0.05) is 0 Å². The molecule has 2 heteroatoms. The summed E-state index contributed by atoms with van der Waals surface area (Å²) < 4.78 is 6.72. The molecule has 0 bridgehead atoms. The van der Waals surface area contributed by atoms with E-state index in [1.807, 2.05) is 0 Å². The summed E-state index contributed by atoms with van der Waals surface area (Å²) in [5, 5.41) is 2.98. The van der Waals surface area contributed by atoms with Crippen LogP contribution in [0, 0.1) is 0 Å². The van der Waals surface area contributed by atoms with Crippen LogP contribution in [-0.2, 0) is 0 Å². The van der Waals surface area contributed by atoms with Crippen LogP contribution < -0.4 is 3.61 Å². The molecule has 0 fully saturated rings. The zero-order valence-corrected chi connectivity index (χ0v) is 18.3. The van der Waals surface area contributed by atoms with Gasteiger partial charge in [-0.05, 0) is 0 Å². The number of benzene rings is 3. The van der Waals surface area contributed by atoms with E-state index in [1.54, 1.807) is 12.1 Å². The summed E-state index contributed by atoms with van der Waals surface area (Å²) in [6.45, 7) is 7.12. The summed E-state index contributed by atoms with van der Waals surface area (Å²) >= 11 is -1.30. The zero-order valence-electron chi connectivity index (χ0n) is 14.2. The molecule has 120 valence electrons. The Labute approximate surface area is 158 Å². The molecule has 4 rings (SSSR count). The van der Waals surface area contributed by atoms with Crippen molar-refractivity contribution in [3.63, 3.8) is 0 Å². The van der Waals surface area contributed by atoms with Gasteiger partial charge in [0.1, 0.15) is 0 Å². The van der Waals surface area contributed by atoms with Crippen LogP contribution in [0.25, 0.3) is 23.8 Å². The van der Waals surface area contributed by atoms with Crippen LogP contribution in [-0.4, -0.2) is 34.4 Å². The van der Waals surface area contributed by atoms with Gasteiger partial charge in [0.25, 0.3) is 0 Å². The van der Waals surface area contributed by atoms with E-state index < -0.39 is 13.4 Å². The Morgan fingerprint density at radius 1 is 0.708 bits per heavy atom. The molecule has 0 radical (unpaired) electrons. The first-order chi connectivity index (χ1) is 11.5. The maximum absolute atomic E-state index is 2.51. The molecule has 0 nitrogen and oxygen atoms in total. The molecule has 0 aliphatic carbocycles. The van der Waals surface area contributed by atoms with Gasteiger partial charge in [-0.2, -0.15) is 0 Å². The third-order valence-electron chi connectivity index (χ3n) is 3.97. The number of hydrogen-bond donors (Lipinski definition) is 0. The SMILES string of the molecule is CC(C)(C)[Te]c1ccc2c(c1)c1ccccc1[se+]2-c1ccccc1. The first-order valence-electron chi connectivity index (χ1n) is 8.25. The van der Waals surface area contributed by atoms with Gasteiger partial charge in [0.2, 0.25) is 0 Å². The molecule has 0 aliphatic heterocycles. The van der Waals surface area contributed by atoms with Gasteiger partial charge in [-0.25, -0.2) is 0 Å². The second-order valence-corrected chi connectivity index (χ2v) is 16.5. The van der Waals surface area contributed by atoms with Crippen LogP contribution in [0.3, 0.4) is 0 Å². The van der Waals surface area contributed by atoms with Crippen molar-refractivity contribution in [1.29, 1.82) is 0 Å². The van der Waals surface area contributed by atoms with Crippen molar-refractivity contribution in [1.82, 2.24) is 0 Å². The van der Waals surface area contributed by atoms with Crippen LogP contribution in [0.1, 0.15) is 20.8 Å². The summed E-state index contributed by atoms with van der Waals surface area (Å²) in [6, 6.07) is 27.5. The van der Waals surface area contributed by atoms with Gasteiger partial charge >= 0.3 is 159 Å². The Balaban J connectivity index is 2.02. The second-order valence-electron chi connectivity index (χ2n) is 6.99. The first-order valence-corrected chi connectivity index (χ1v) is 13.1. The van der Waals surface area contributed by atoms with E-state index in [-0.39, 0.29) is 20.9 Å². The molecule has 1 aromatic heterocycles. The molecule has 0 saturated heterocycles. The standard InChI is InChI=1S/C22H21SeTe/c1-22(2,3)24-17-13-14-21-19(15-17)18-11-7-8-12-20(18)23(21)16-9-5-4-6-10-16/h4-15H,1-3H3/q+1. The normalized spacial score (nSPS) is 12.9. The molecule has 24 heavy (non-hydrogen) atoms. The quantitative estimate of drug-likeness (QED) is 0.335. The average molecular weight is 492 g/mol. The molecule has 0 aliphatic rings. The summed E-state index contributed by atoms with van der Waals surface area (Å²) in [7, 11) is 0. The predicted molar refractivity (Wildman–Crippen MR) is 109 cm³/mol. The fraction of sp³-hybridized carbons (Fsp3) is 0.182. The molecule has 4 aromatic rings. The third kappa shape index (κ3) is 3.10. The van der Waals surface area contributed by atoms with Crippen molar-refractivity contribution >= 4 is 57.3 Å². The molecule has 1 unspecified atom stereocenters. The third-order valence-corrected chi connectivity index (χ3v) is 12.0. The number of rotatable bonds is 2. The molecule has 0 saturated carbocycles. The molecule has 1 atom stereocenters. The van der Waals surface area contributed by atoms with Crippen molar-refractivity contribution in [2.45, 2.75) is 24.2 Å². The van der Waals surface area contributed by atoms with E-state index in [0.717, 1.165) is 0 Å². The van der Waals surface area contributed by atoms with E-state index in [4.69, 9.17) is 0 Å². The Kier molecular flexibility index (Phi) is 4.36. The molecule has 1 heterocycles. The van der Waals surface area contributed by atoms with E-state index in [9.17, 15) is 0 Å². The fourth-order valence-corrected chi connectivity index (χ4v) is 11.0. The average Bonchev–Trinajstić information content (AvgIpc) is 2.88. The Morgan fingerprint density at radius 2 is 1.38 bits per heavy atom. The molecular formula is C22H21SeTe+. The number of fused-ring (bicyclic) bond motifs is 3. The van der Waals surface area contributed by atoms with Crippen molar-refractivity contribution < 1.29 is 0 Å². The first kappa shape index (κ1) is 16.4. The summed E-state index contributed by atoms with van der Waals surface area (Å²) in [4.78, 5) is 0. The molecule has 0 N–H and O–H groups in total. The van der Waals surface area contributed by atoms with Crippen molar-refractivity contribution in [3.05, 3.63) is 72.8 Å². The summed E-state index contributed by atoms with van der Waals surface area (Å²) in [6.07, 6.45) is 0. The summed E-state index contributed by atoms with van der Waals surface area (Å²) in [5.41, 5.74) is 0. The van der Waals surface area contributed by atoms with Gasteiger partial charge in [0.15, 0.2) is 0 Å². The van der Waals surface area contributed by atoms with Crippen LogP contribution in [0.2, 0.25) is 3.46 Å². The minimum absolute atomic E-state index is 0.170. The molecular weight excluding hydrogens is 471 g/mol. The van der Waals surface area contributed by atoms with Crippen molar-refractivity contribution in [3.8, 4) is 4.46 Å². The van der Waals surface area contributed by atoms with E-state index >= 15 is 0 Å². The van der Waals surface area contributed by atoms with E-state index in [1.165, 1.54) is 15.2 Å². The van der Waals surface area contributed by atoms with Crippen LogP contribution in [0.4, 0.5) is 0 Å². The maximum atomic E-state index is 2.51. The van der Waals surface area contributed by atoms with E-state index in [2.05, 4.69) is 93.6 Å².